The molecule has 3 aliphatic heterocycles. The molecule has 9 heteroatoms. The van der Waals surface area contributed by atoms with Crippen molar-refractivity contribution in [2.75, 3.05) is 32.7 Å². The Morgan fingerprint density at radius 3 is 2.72 bits per heavy atom. The van der Waals surface area contributed by atoms with Gasteiger partial charge in [0.1, 0.15) is 6.54 Å². The molecule has 3 fully saturated rings. The van der Waals surface area contributed by atoms with Crippen molar-refractivity contribution < 1.29 is 19.2 Å². The normalized spacial score (nSPS) is 25.0. The first-order valence-corrected chi connectivity index (χ1v) is 9.99. The van der Waals surface area contributed by atoms with Gasteiger partial charge < -0.3 is 15.1 Å². The molecule has 4 rings (SSSR count). The number of amides is 5. The highest BCUT2D eigenvalue weighted by Crippen LogP contribution is 2.39. The third-order valence-electron chi connectivity index (χ3n) is 6.07. The summed E-state index contributed by atoms with van der Waals surface area (Å²) < 4.78 is 0. The number of urea groups is 1. The quantitative estimate of drug-likeness (QED) is 0.737. The monoisotopic (exact) mass is 399 g/mol. The molecule has 0 aliphatic carbocycles. The van der Waals surface area contributed by atoms with Crippen LogP contribution in [0.25, 0.3) is 0 Å². The van der Waals surface area contributed by atoms with Gasteiger partial charge in [0.2, 0.25) is 11.8 Å². The summed E-state index contributed by atoms with van der Waals surface area (Å²) >= 11 is 0. The number of pyridine rings is 1. The zero-order valence-electron chi connectivity index (χ0n) is 16.3. The third kappa shape index (κ3) is 4.08. The maximum atomic E-state index is 12.8. The number of carbonyl (C=O) groups excluding carboxylic acids is 4. The summed E-state index contributed by atoms with van der Waals surface area (Å²) in [5.41, 5.74) is 0.702. The molecule has 3 saturated heterocycles. The highest BCUT2D eigenvalue weighted by Gasteiger charge is 2.43. The summed E-state index contributed by atoms with van der Waals surface area (Å²) in [5.74, 6) is -0.480. The van der Waals surface area contributed by atoms with Crippen molar-refractivity contribution in [3.05, 3.63) is 30.1 Å². The first-order chi connectivity index (χ1) is 14.0. The van der Waals surface area contributed by atoms with Crippen LogP contribution in [0.3, 0.4) is 0 Å². The first-order valence-electron chi connectivity index (χ1n) is 9.99. The zero-order valence-corrected chi connectivity index (χ0v) is 16.3. The molecule has 9 nitrogen and oxygen atoms in total. The Morgan fingerprint density at radius 1 is 1.14 bits per heavy atom. The Hall–Kier alpha value is -2.97. The van der Waals surface area contributed by atoms with E-state index in [0.717, 1.165) is 29.9 Å². The van der Waals surface area contributed by atoms with E-state index in [1.54, 1.807) is 11.1 Å². The Labute approximate surface area is 169 Å². The number of likely N-dealkylation sites (tertiary alicyclic amines) is 2. The van der Waals surface area contributed by atoms with E-state index in [4.69, 9.17) is 0 Å². The molecule has 5 amide bonds. The Kier molecular flexibility index (Phi) is 5.21. The number of nitrogens with zero attached hydrogens (tertiary/aromatic N) is 4. The number of imide groups is 1. The Bertz CT molecular complexity index is 813. The third-order valence-corrected chi connectivity index (χ3v) is 6.07. The lowest BCUT2D eigenvalue weighted by molar-refractivity contribution is -0.145. The number of nitrogens with one attached hydrogen (secondary N) is 1. The number of rotatable bonds is 4. The van der Waals surface area contributed by atoms with Crippen LogP contribution in [-0.4, -0.2) is 76.2 Å². The van der Waals surface area contributed by atoms with E-state index < -0.39 is 6.03 Å². The van der Waals surface area contributed by atoms with Crippen molar-refractivity contribution in [1.82, 2.24) is 25.0 Å². The molecular weight excluding hydrogens is 374 g/mol. The van der Waals surface area contributed by atoms with E-state index in [2.05, 4.69) is 10.3 Å². The highest BCUT2D eigenvalue weighted by molar-refractivity contribution is 6.04. The number of carbonyl (C=O) groups is 4. The summed E-state index contributed by atoms with van der Waals surface area (Å²) in [6.45, 7) is 1.94. The fourth-order valence-corrected chi connectivity index (χ4v) is 4.54. The smallest absolute Gasteiger partial charge is 0.325 e. The summed E-state index contributed by atoms with van der Waals surface area (Å²) in [5, 5.41) is 2.43. The highest BCUT2D eigenvalue weighted by atomic mass is 16.2. The predicted molar refractivity (Wildman–Crippen MR) is 102 cm³/mol. The summed E-state index contributed by atoms with van der Waals surface area (Å²) in [6.07, 6.45) is 4.72. The molecule has 0 bridgehead atoms. The van der Waals surface area contributed by atoms with Gasteiger partial charge in [-0.2, -0.15) is 0 Å². The molecule has 1 unspecified atom stereocenters. The lowest BCUT2D eigenvalue weighted by Crippen LogP contribution is -2.56. The fraction of sp³-hybridized carbons (Fsp3) is 0.550. The van der Waals surface area contributed by atoms with E-state index in [1.165, 1.54) is 0 Å². The molecule has 154 valence electrons. The van der Waals surface area contributed by atoms with Crippen LogP contribution in [0.4, 0.5) is 4.79 Å². The summed E-state index contributed by atoms with van der Waals surface area (Å²) in [6, 6.07) is 5.14. The molecule has 3 aliphatic rings. The number of hydrogen-bond donors (Lipinski definition) is 1. The van der Waals surface area contributed by atoms with Crippen molar-refractivity contribution in [1.29, 1.82) is 0 Å². The van der Waals surface area contributed by atoms with Crippen molar-refractivity contribution in [2.45, 2.75) is 32.2 Å². The van der Waals surface area contributed by atoms with Crippen LogP contribution in [-0.2, 0) is 20.9 Å². The molecular formula is C20H25N5O4. The summed E-state index contributed by atoms with van der Waals surface area (Å²) in [4.78, 5) is 57.6. The zero-order chi connectivity index (χ0) is 20.4. The molecule has 1 atom stereocenters. The first kappa shape index (κ1) is 19.4. The second-order valence-electron chi connectivity index (χ2n) is 8.13. The molecule has 1 aromatic rings. The van der Waals surface area contributed by atoms with Crippen molar-refractivity contribution in [3.8, 4) is 0 Å². The van der Waals surface area contributed by atoms with Gasteiger partial charge in [0.05, 0.1) is 18.8 Å². The van der Waals surface area contributed by atoms with Gasteiger partial charge in [0, 0.05) is 37.7 Å². The van der Waals surface area contributed by atoms with Crippen LogP contribution in [0.2, 0.25) is 0 Å². The van der Waals surface area contributed by atoms with Gasteiger partial charge in [-0.1, -0.05) is 6.07 Å². The molecule has 0 aromatic carbocycles. The van der Waals surface area contributed by atoms with Gasteiger partial charge in [-0.15, -0.1) is 0 Å². The molecule has 1 spiro atoms. The molecule has 4 heterocycles. The Morgan fingerprint density at radius 2 is 2.00 bits per heavy atom. The lowest BCUT2D eigenvalue weighted by atomic mass is 9.73. The standard InChI is InChI=1S/C20H25N5O4/c26-16-5-7-20(14-24(16)11-15-4-1-2-8-21-15)6-3-9-23(13-20)18(28)12-25-17(27)10-22-19(25)29/h1-2,4,8H,3,5-7,9-14H2,(H,22,29). The Balaban J connectivity index is 1.42. The number of piperidine rings is 2. The second kappa shape index (κ2) is 7.81. The van der Waals surface area contributed by atoms with Crippen LogP contribution in [0.5, 0.6) is 0 Å². The van der Waals surface area contributed by atoms with Gasteiger partial charge in [0.25, 0.3) is 5.91 Å². The number of aromatic nitrogens is 1. The van der Waals surface area contributed by atoms with Crippen LogP contribution in [0.15, 0.2) is 24.4 Å². The van der Waals surface area contributed by atoms with E-state index in [9.17, 15) is 19.2 Å². The van der Waals surface area contributed by atoms with E-state index in [0.29, 0.717) is 32.6 Å². The number of hydrogen-bond acceptors (Lipinski definition) is 5. The predicted octanol–water partition coefficient (Wildman–Crippen LogP) is 0.365. The van der Waals surface area contributed by atoms with Gasteiger partial charge in [-0.3, -0.25) is 24.3 Å². The van der Waals surface area contributed by atoms with Gasteiger partial charge in [-0.05, 0) is 31.4 Å². The van der Waals surface area contributed by atoms with Crippen LogP contribution in [0, 0.1) is 5.41 Å². The molecule has 0 saturated carbocycles. The largest absolute Gasteiger partial charge is 0.341 e. The van der Waals surface area contributed by atoms with Crippen LogP contribution in [0.1, 0.15) is 31.4 Å². The average molecular weight is 399 g/mol. The average Bonchev–Trinajstić information content (AvgIpc) is 3.04. The molecule has 29 heavy (non-hydrogen) atoms. The van der Waals surface area contributed by atoms with Gasteiger partial charge in [0.15, 0.2) is 0 Å². The van der Waals surface area contributed by atoms with E-state index in [1.807, 2.05) is 23.1 Å². The second-order valence-corrected chi connectivity index (χ2v) is 8.13. The molecule has 0 radical (unpaired) electrons. The minimum atomic E-state index is -0.514. The lowest BCUT2D eigenvalue weighted by Gasteiger charge is -2.48. The molecule has 1 N–H and O–H groups in total. The maximum Gasteiger partial charge on any atom is 0.325 e. The van der Waals surface area contributed by atoms with E-state index >= 15 is 0 Å². The van der Waals surface area contributed by atoms with Crippen LogP contribution >= 0.6 is 0 Å². The van der Waals surface area contributed by atoms with Gasteiger partial charge >= 0.3 is 6.03 Å². The maximum absolute atomic E-state index is 12.8. The minimum absolute atomic E-state index is 0.0549. The van der Waals surface area contributed by atoms with Crippen LogP contribution < -0.4 is 5.32 Å². The van der Waals surface area contributed by atoms with Crippen molar-refractivity contribution in [3.63, 3.8) is 0 Å². The van der Waals surface area contributed by atoms with E-state index in [-0.39, 0.29) is 36.2 Å². The van der Waals surface area contributed by atoms with Gasteiger partial charge in [-0.25, -0.2) is 4.79 Å². The minimum Gasteiger partial charge on any atom is -0.341 e. The van der Waals surface area contributed by atoms with Crippen molar-refractivity contribution >= 4 is 23.8 Å². The van der Waals surface area contributed by atoms with Crippen molar-refractivity contribution in [2.24, 2.45) is 5.41 Å². The SMILES string of the molecule is O=C(CN1C(=O)CNC1=O)N1CCCC2(CCC(=O)N(Cc3ccccn3)C2)C1. The summed E-state index contributed by atoms with van der Waals surface area (Å²) in [7, 11) is 0. The molecule has 1 aromatic heterocycles. The fourth-order valence-electron chi connectivity index (χ4n) is 4.54. The topological polar surface area (TPSA) is 103 Å².